The number of hydrogen-bond acceptors (Lipinski definition) is 5. The highest BCUT2D eigenvalue weighted by Gasteiger charge is 2.08. The van der Waals surface area contributed by atoms with Crippen LogP contribution in [0.2, 0.25) is 0 Å². The molecule has 0 radical (unpaired) electrons. The van der Waals surface area contributed by atoms with E-state index in [0.29, 0.717) is 23.5 Å². The third-order valence-corrected chi connectivity index (χ3v) is 3.71. The monoisotopic (exact) mass is 419 g/mol. The van der Waals surface area contributed by atoms with E-state index < -0.39 is 5.91 Å². The first-order chi connectivity index (χ1) is 12.5. The number of nitrogens with zero attached hydrogens (tertiary/aromatic N) is 1. The number of nitrogens with one attached hydrogen (secondary N) is 2. The molecule has 0 heterocycles. The molecule has 0 atom stereocenters. The smallest absolute Gasteiger partial charge is 0.259 e. The normalized spacial score (nSPS) is 10.5. The molecule has 2 rings (SSSR count). The van der Waals surface area contributed by atoms with E-state index in [4.69, 9.17) is 4.74 Å². The first-order valence-corrected chi connectivity index (χ1v) is 8.60. The van der Waals surface area contributed by atoms with Crippen molar-refractivity contribution in [1.29, 1.82) is 0 Å². The van der Waals surface area contributed by atoms with E-state index in [9.17, 15) is 14.7 Å². The molecule has 8 heteroatoms. The van der Waals surface area contributed by atoms with Crippen molar-refractivity contribution < 1.29 is 19.4 Å². The van der Waals surface area contributed by atoms with Crippen molar-refractivity contribution in [1.82, 2.24) is 10.7 Å². The average molecular weight is 420 g/mol. The van der Waals surface area contributed by atoms with Crippen molar-refractivity contribution in [2.45, 2.75) is 6.92 Å². The molecule has 0 saturated heterocycles. The lowest BCUT2D eigenvalue weighted by Gasteiger charge is -2.06. The molecule has 2 amide bonds. The molecule has 0 fully saturated rings. The van der Waals surface area contributed by atoms with Gasteiger partial charge in [0.25, 0.3) is 11.8 Å². The van der Waals surface area contributed by atoms with Crippen molar-refractivity contribution in [3.05, 3.63) is 58.1 Å². The summed E-state index contributed by atoms with van der Waals surface area (Å²) in [6, 6.07) is 11.4. The zero-order chi connectivity index (χ0) is 18.9. The van der Waals surface area contributed by atoms with Crippen LogP contribution in [0.1, 0.15) is 22.8 Å². The number of hydrogen-bond donors (Lipinski definition) is 3. The Bertz CT molecular complexity index is 807. The summed E-state index contributed by atoms with van der Waals surface area (Å²) in [4.78, 5) is 23.7. The molecule has 0 aliphatic heterocycles. The molecule has 7 nitrogen and oxygen atoms in total. The molecule has 2 aromatic carbocycles. The van der Waals surface area contributed by atoms with Crippen molar-refractivity contribution in [2.24, 2.45) is 5.10 Å². The zero-order valence-corrected chi connectivity index (χ0v) is 15.6. The maximum atomic E-state index is 12.0. The third kappa shape index (κ3) is 5.89. The Kier molecular flexibility index (Phi) is 7.16. The molecule has 0 unspecified atom stereocenters. The van der Waals surface area contributed by atoms with Gasteiger partial charge >= 0.3 is 0 Å². The van der Waals surface area contributed by atoms with E-state index >= 15 is 0 Å². The lowest BCUT2D eigenvalue weighted by molar-refractivity contribution is -0.120. The molecule has 0 bridgehead atoms. The number of aromatic hydroxyl groups is 1. The first-order valence-electron chi connectivity index (χ1n) is 7.81. The Hall–Kier alpha value is -2.87. The van der Waals surface area contributed by atoms with Gasteiger partial charge in [-0.2, -0.15) is 5.10 Å². The Morgan fingerprint density at radius 1 is 1.23 bits per heavy atom. The standard InChI is InChI=1S/C18H18BrN3O4/c1-2-26-15-6-3-12(4-7-15)18(25)20-11-17(24)22-21-10-13-9-14(19)5-8-16(13)23/h3-10,23H,2,11H2,1H3,(H,20,25)(H,22,24). The van der Waals surface area contributed by atoms with Crippen LogP contribution in [0.3, 0.4) is 0 Å². The number of rotatable bonds is 7. The molecule has 0 aliphatic carbocycles. The van der Waals surface area contributed by atoms with E-state index in [2.05, 4.69) is 31.8 Å². The molecule has 2 aromatic rings. The van der Waals surface area contributed by atoms with Crippen LogP contribution in [0, 0.1) is 0 Å². The van der Waals surface area contributed by atoms with E-state index in [0.717, 1.165) is 4.47 Å². The van der Waals surface area contributed by atoms with E-state index in [1.54, 1.807) is 36.4 Å². The van der Waals surface area contributed by atoms with Gasteiger partial charge < -0.3 is 15.2 Å². The van der Waals surface area contributed by atoms with Crippen molar-refractivity contribution >= 4 is 34.0 Å². The summed E-state index contributed by atoms with van der Waals surface area (Å²) in [7, 11) is 0. The predicted molar refractivity (Wildman–Crippen MR) is 101 cm³/mol. The molecular weight excluding hydrogens is 402 g/mol. The summed E-state index contributed by atoms with van der Waals surface area (Å²) < 4.78 is 6.07. The van der Waals surface area contributed by atoms with Gasteiger partial charge in [0.15, 0.2) is 0 Å². The van der Waals surface area contributed by atoms with Crippen molar-refractivity contribution in [3.8, 4) is 11.5 Å². The fourth-order valence-corrected chi connectivity index (χ4v) is 2.35. The highest BCUT2D eigenvalue weighted by Crippen LogP contribution is 2.19. The second-order valence-electron chi connectivity index (χ2n) is 5.14. The number of amides is 2. The van der Waals surface area contributed by atoms with E-state index in [-0.39, 0.29) is 18.2 Å². The van der Waals surface area contributed by atoms with Gasteiger partial charge in [0.05, 0.1) is 19.4 Å². The molecule has 3 N–H and O–H groups in total. The van der Waals surface area contributed by atoms with Gasteiger partial charge in [-0.25, -0.2) is 5.43 Å². The van der Waals surface area contributed by atoms with Gasteiger partial charge in [0, 0.05) is 15.6 Å². The molecule has 0 aromatic heterocycles. The zero-order valence-electron chi connectivity index (χ0n) is 14.0. The summed E-state index contributed by atoms with van der Waals surface area (Å²) in [5.74, 6) is -0.159. The number of carbonyl (C=O) groups excluding carboxylic acids is 2. The van der Waals surface area contributed by atoms with Crippen LogP contribution in [0.15, 0.2) is 52.0 Å². The number of hydrazone groups is 1. The Morgan fingerprint density at radius 3 is 2.65 bits per heavy atom. The highest BCUT2D eigenvalue weighted by atomic mass is 79.9. The quantitative estimate of drug-likeness (QED) is 0.473. The minimum absolute atomic E-state index is 0.0370. The number of carbonyl (C=O) groups is 2. The molecular formula is C18H18BrN3O4. The summed E-state index contributed by atoms with van der Waals surface area (Å²) >= 11 is 3.28. The second kappa shape index (κ2) is 9.57. The summed E-state index contributed by atoms with van der Waals surface area (Å²) in [5.41, 5.74) is 3.14. The summed E-state index contributed by atoms with van der Waals surface area (Å²) in [6.45, 7) is 2.19. The first kappa shape index (κ1) is 19.5. The van der Waals surface area contributed by atoms with Crippen LogP contribution in [0.5, 0.6) is 11.5 Å². The summed E-state index contributed by atoms with van der Waals surface area (Å²) in [6.07, 6.45) is 1.31. The van der Waals surface area contributed by atoms with Crippen molar-refractivity contribution in [2.75, 3.05) is 13.2 Å². The number of phenolic OH excluding ortho intramolecular Hbond substituents is 1. The van der Waals surface area contributed by atoms with Gasteiger partial charge in [0.1, 0.15) is 11.5 Å². The Morgan fingerprint density at radius 2 is 1.96 bits per heavy atom. The molecule has 0 saturated carbocycles. The van der Waals surface area contributed by atoms with Crippen LogP contribution in [-0.2, 0) is 4.79 Å². The van der Waals surface area contributed by atoms with Crippen LogP contribution in [-0.4, -0.2) is 36.3 Å². The molecule has 0 aliphatic rings. The number of ether oxygens (including phenoxy) is 1. The Balaban J connectivity index is 1.81. The maximum absolute atomic E-state index is 12.0. The highest BCUT2D eigenvalue weighted by molar-refractivity contribution is 9.10. The minimum atomic E-state index is -0.491. The van der Waals surface area contributed by atoms with Crippen LogP contribution < -0.4 is 15.5 Å². The average Bonchev–Trinajstić information content (AvgIpc) is 2.63. The van der Waals surface area contributed by atoms with E-state index in [1.165, 1.54) is 12.3 Å². The van der Waals surface area contributed by atoms with Crippen LogP contribution in [0.4, 0.5) is 0 Å². The van der Waals surface area contributed by atoms with E-state index in [1.807, 2.05) is 6.92 Å². The minimum Gasteiger partial charge on any atom is -0.507 e. The predicted octanol–water partition coefficient (Wildman–Crippen LogP) is 2.43. The fraction of sp³-hybridized carbons (Fsp3) is 0.167. The molecule has 0 spiro atoms. The Labute approximate surface area is 159 Å². The lowest BCUT2D eigenvalue weighted by Crippen LogP contribution is -2.34. The van der Waals surface area contributed by atoms with Gasteiger partial charge in [0.2, 0.25) is 0 Å². The summed E-state index contributed by atoms with van der Waals surface area (Å²) in [5, 5.41) is 15.9. The lowest BCUT2D eigenvalue weighted by atomic mass is 10.2. The van der Waals surface area contributed by atoms with Gasteiger partial charge in [-0.05, 0) is 49.4 Å². The number of benzene rings is 2. The second-order valence-corrected chi connectivity index (χ2v) is 6.05. The van der Waals surface area contributed by atoms with Gasteiger partial charge in [-0.15, -0.1) is 0 Å². The van der Waals surface area contributed by atoms with Crippen molar-refractivity contribution in [3.63, 3.8) is 0 Å². The third-order valence-electron chi connectivity index (χ3n) is 3.22. The number of halogens is 1. The molecule has 26 heavy (non-hydrogen) atoms. The van der Waals surface area contributed by atoms with Crippen LogP contribution >= 0.6 is 15.9 Å². The largest absolute Gasteiger partial charge is 0.507 e. The fourth-order valence-electron chi connectivity index (χ4n) is 1.97. The topological polar surface area (TPSA) is 100 Å². The number of phenols is 1. The SMILES string of the molecule is CCOc1ccc(C(=O)NCC(=O)NN=Cc2cc(Br)ccc2O)cc1. The van der Waals surface area contributed by atoms with Gasteiger partial charge in [-0.1, -0.05) is 15.9 Å². The molecule has 136 valence electrons. The maximum Gasteiger partial charge on any atom is 0.259 e. The van der Waals surface area contributed by atoms with Crippen LogP contribution in [0.25, 0.3) is 0 Å². The van der Waals surface area contributed by atoms with Gasteiger partial charge in [-0.3, -0.25) is 9.59 Å².